The number of nitrogen functional groups attached to an aromatic ring is 1. The number of hydrogen-bond donors (Lipinski definition) is 3. The third-order valence-electron chi connectivity index (χ3n) is 2.51. The third kappa shape index (κ3) is 3.42. The maximum absolute atomic E-state index is 8.95. The van der Waals surface area contributed by atoms with E-state index < -0.39 is 0 Å². The molecule has 4 N–H and O–H groups in total. The van der Waals surface area contributed by atoms with Crippen LogP contribution in [0.1, 0.15) is 6.92 Å². The molecule has 5 nitrogen and oxygen atoms in total. The van der Waals surface area contributed by atoms with Crippen molar-refractivity contribution in [3.8, 4) is 11.5 Å². The van der Waals surface area contributed by atoms with Crippen molar-refractivity contribution in [1.82, 2.24) is 0 Å². The standard InChI is InChI=1S/C12H20N2O3/c1-8(7-15)6-14-10-5-12(17-3)11(16-2)4-9(10)13/h4-5,8,14-15H,6-7,13H2,1-3H3. The number of nitrogens with two attached hydrogens (primary N) is 1. The Morgan fingerprint density at radius 3 is 2.41 bits per heavy atom. The van der Waals surface area contributed by atoms with Crippen LogP contribution in [0, 0.1) is 5.92 Å². The molecule has 0 fully saturated rings. The fourth-order valence-electron chi connectivity index (χ4n) is 1.40. The molecule has 1 rings (SSSR count). The smallest absolute Gasteiger partial charge is 0.162 e. The molecule has 0 aromatic heterocycles. The average Bonchev–Trinajstić information content (AvgIpc) is 2.36. The van der Waals surface area contributed by atoms with E-state index in [0.29, 0.717) is 23.7 Å². The molecular weight excluding hydrogens is 220 g/mol. The Balaban J connectivity index is 2.85. The number of hydrogen-bond acceptors (Lipinski definition) is 5. The van der Waals surface area contributed by atoms with E-state index >= 15 is 0 Å². The lowest BCUT2D eigenvalue weighted by atomic mass is 10.2. The number of benzene rings is 1. The van der Waals surface area contributed by atoms with Crippen molar-refractivity contribution in [3.05, 3.63) is 12.1 Å². The summed E-state index contributed by atoms with van der Waals surface area (Å²) in [5, 5.41) is 12.1. The Morgan fingerprint density at radius 2 is 1.88 bits per heavy atom. The summed E-state index contributed by atoms with van der Waals surface area (Å²) in [7, 11) is 3.15. The summed E-state index contributed by atoms with van der Waals surface area (Å²) in [6, 6.07) is 3.50. The molecule has 17 heavy (non-hydrogen) atoms. The van der Waals surface area contributed by atoms with Crippen molar-refractivity contribution in [2.75, 3.05) is 38.4 Å². The summed E-state index contributed by atoms with van der Waals surface area (Å²) in [4.78, 5) is 0. The lowest BCUT2D eigenvalue weighted by Gasteiger charge is -2.15. The lowest BCUT2D eigenvalue weighted by molar-refractivity contribution is 0.244. The Hall–Kier alpha value is -1.62. The number of ether oxygens (including phenoxy) is 2. The molecule has 0 aliphatic rings. The highest BCUT2D eigenvalue weighted by Crippen LogP contribution is 2.34. The number of rotatable bonds is 6. The molecule has 0 aliphatic carbocycles. The summed E-state index contributed by atoms with van der Waals surface area (Å²) in [5.41, 5.74) is 7.26. The predicted molar refractivity (Wildman–Crippen MR) is 68.7 cm³/mol. The van der Waals surface area contributed by atoms with Crippen molar-refractivity contribution in [2.45, 2.75) is 6.92 Å². The van der Waals surface area contributed by atoms with Crippen LogP contribution in [0.3, 0.4) is 0 Å². The van der Waals surface area contributed by atoms with Crippen molar-refractivity contribution in [1.29, 1.82) is 0 Å². The second-order valence-electron chi connectivity index (χ2n) is 3.96. The fourth-order valence-corrected chi connectivity index (χ4v) is 1.40. The molecule has 1 aromatic rings. The van der Waals surface area contributed by atoms with Crippen molar-refractivity contribution < 1.29 is 14.6 Å². The molecule has 0 saturated heterocycles. The van der Waals surface area contributed by atoms with E-state index in [1.807, 2.05) is 6.92 Å². The molecule has 96 valence electrons. The first-order valence-electron chi connectivity index (χ1n) is 5.48. The van der Waals surface area contributed by atoms with Gasteiger partial charge < -0.3 is 25.6 Å². The normalized spacial score (nSPS) is 12.0. The van der Waals surface area contributed by atoms with Gasteiger partial charge in [-0.3, -0.25) is 0 Å². The maximum Gasteiger partial charge on any atom is 0.162 e. The molecular formula is C12H20N2O3. The number of aliphatic hydroxyl groups excluding tert-OH is 1. The highest BCUT2D eigenvalue weighted by atomic mass is 16.5. The minimum Gasteiger partial charge on any atom is -0.493 e. The topological polar surface area (TPSA) is 76.7 Å². The van der Waals surface area contributed by atoms with E-state index in [1.54, 1.807) is 26.4 Å². The Morgan fingerprint density at radius 1 is 1.29 bits per heavy atom. The van der Waals surface area contributed by atoms with E-state index in [0.717, 1.165) is 5.69 Å². The van der Waals surface area contributed by atoms with E-state index in [9.17, 15) is 0 Å². The molecule has 0 spiro atoms. The Kier molecular flexibility index (Phi) is 4.90. The van der Waals surface area contributed by atoms with Gasteiger partial charge in [0.05, 0.1) is 25.6 Å². The monoisotopic (exact) mass is 240 g/mol. The maximum atomic E-state index is 8.95. The van der Waals surface area contributed by atoms with Crippen molar-refractivity contribution in [2.24, 2.45) is 5.92 Å². The largest absolute Gasteiger partial charge is 0.493 e. The Labute approximate surface area is 102 Å². The molecule has 5 heteroatoms. The minimum atomic E-state index is 0.139. The molecule has 0 saturated carbocycles. The van der Waals surface area contributed by atoms with Gasteiger partial charge in [0.15, 0.2) is 11.5 Å². The van der Waals surface area contributed by atoms with Crippen molar-refractivity contribution >= 4 is 11.4 Å². The molecule has 0 aliphatic heterocycles. The molecule has 1 atom stereocenters. The van der Waals surface area contributed by atoms with E-state index in [4.69, 9.17) is 20.3 Å². The molecule has 1 aromatic carbocycles. The van der Waals surface area contributed by atoms with Gasteiger partial charge in [0, 0.05) is 25.3 Å². The SMILES string of the molecule is COc1cc(N)c(NCC(C)CO)cc1OC. The average molecular weight is 240 g/mol. The second kappa shape index (κ2) is 6.20. The van der Waals surface area contributed by atoms with Crippen LogP contribution >= 0.6 is 0 Å². The van der Waals surface area contributed by atoms with E-state index in [1.165, 1.54) is 0 Å². The minimum absolute atomic E-state index is 0.139. The van der Waals surface area contributed by atoms with Crippen LogP contribution in [0.25, 0.3) is 0 Å². The summed E-state index contributed by atoms with van der Waals surface area (Å²) < 4.78 is 10.3. The number of anilines is 2. The molecule has 0 radical (unpaired) electrons. The van der Waals surface area contributed by atoms with Gasteiger partial charge in [0.25, 0.3) is 0 Å². The molecule has 0 bridgehead atoms. The van der Waals surface area contributed by atoms with Crippen LogP contribution in [0.15, 0.2) is 12.1 Å². The Bertz CT molecular complexity index is 369. The van der Waals surface area contributed by atoms with Crippen molar-refractivity contribution in [3.63, 3.8) is 0 Å². The van der Waals surface area contributed by atoms with Gasteiger partial charge >= 0.3 is 0 Å². The summed E-state index contributed by atoms with van der Waals surface area (Å²) in [5.74, 6) is 1.40. The number of methoxy groups -OCH3 is 2. The highest BCUT2D eigenvalue weighted by Gasteiger charge is 2.09. The van der Waals surface area contributed by atoms with Gasteiger partial charge in [-0.05, 0) is 5.92 Å². The van der Waals surface area contributed by atoms with Gasteiger partial charge in [-0.2, -0.15) is 0 Å². The first-order chi connectivity index (χ1) is 8.12. The zero-order chi connectivity index (χ0) is 12.8. The van der Waals surface area contributed by atoms with Gasteiger partial charge in [-0.15, -0.1) is 0 Å². The zero-order valence-electron chi connectivity index (χ0n) is 10.5. The number of aliphatic hydroxyl groups is 1. The predicted octanol–water partition coefficient (Wildman–Crippen LogP) is 1.33. The highest BCUT2D eigenvalue weighted by molar-refractivity contribution is 5.72. The van der Waals surface area contributed by atoms with Crippen LogP contribution < -0.4 is 20.5 Å². The number of nitrogens with one attached hydrogen (secondary N) is 1. The molecule has 0 heterocycles. The van der Waals surface area contributed by atoms with Crippen LogP contribution in [-0.2, 0) is 0 Å². The van der Waals surface area contributed by atoms with E-state index in [2.05, 4.69) is 5.32 Å². The van der Waals surface area contributed by atoms with E-state index in [-0.39, 0.29) is 12.5 Å². The zero-order valence-corrected chi connectivity index (χ0v) is 10.5. The van der Waals surface area contributed by atoms with Gasteiger partial charge in [0.2, 0.25) is 0 Å². The van der Waals surface area contributed by atoms with Crippen LogP contribution in [0.4, 0.5) is 11.4 Å². The molecule has 0 amide bonds. The van der Waals surface area contributed by atoms with Crippen LogP contribution in [0.5, 0.6) is 11.5 Å². The van der Waals surface area contributed by atoms with Gasteiger partial charge in [-0.25, -0.2) is 0 Å². The van der Waals surface area contributed by atoms with Gasteiger partial charge in [-0.1, -0.05) is 6.92 Å². The van der Waals surface area contributed by atoms with Crippen LogP contribution in [0.2, 0.25) is 0 Å². The van der Waals surface area contributed by atoms with Crippen LogP contribution in [-0.4, -0.2) is 32.5 Å². The first-order valence-corrected chi connectivity index (χ1v) is 5.48. The second-order valence-corrected chi connectivity index (χ2v) is 3.96. The first kappa shape index (κ1) is 13.4. The fraction of sp³-hybridized carbons (Fsp3) is 0.500. The quantitative estimate of drug-likeness (QED) is 0.654. The summed E-state index contributed by atoms with van der Waals surface area (Å²) in [6.07, 6.45) is 0. The molecule has 1 unspecified atom stereocenters. The summed E-state index contributed by atoms with van der Waals surface area (Å²) >= 11 is 0. The lowest BCUT2D eigenvalue weighted by Crippen LogP contribution is -2.15. The third-order valence-corrected chi connectivity index (χ3v) is 2.51. The summed E-state index contributed by atoms with van der Waals surface area (Å²) in [6.45, 7) is 2.74. The van der Waals surface area contributed by atoms with Gasteiger partial charge in [0.1, 0.15) is 0 Å².